The maximum atomic E-state index is 13.3. The zero-order chi connectivity index (χ0) is 25.8. The molecule has 3 rings (SSSR count). The van der Waals surface area contributed by atoms with E-state index >= 15 is 0 Å². The number of amides is 1. The first-order valence-electron chi connectivity index (χ1n) is 10.3. The molecule has 0 bridgehead atoms. The molecule has 1 amide bonds. The molecule has 0 fully saturated rings. The van der Waals surface area contributed by atoms with Crippen molar-refractivity contribution in [2.75, 3.05) is 13.2 Å². The SMILES string of the molecule is CCOC(=O)CN(Cc1ccc(C(F)(F)F)cc1)C(=O)c1nnn(-c2cccc([N+](=O)[O-])c2)c1C. The Hall–Kier alpha value is -4.29. The first kappa shape index (κ1) is 25.3. The second kappa shape index (κ2) is 10.3. The molecule has 0 N–H and O–H groups in total. The largest absolute Gasteiger partial charge is 0.465 e. The highest BCUT2D eigenvalue weighted by atomic mass is 19.4. The summed E-state index contributed by atoms with van der Waals surface area (Å²) in [5.74, 6) is -1.43. The van der Waals surface area contributed by atoms with Crippen LogP contribution in [0, 0.1) is 17.0 Å². The van der Waals surface area contributed by atoms with Crippen molar-refractivity contribution in [1.29, 1.82) is 0 Å². The van der Waals surface area contributed by atoms with Gasteiger partial charge in [0, 0.05) is 18.7 Å². The van der Waals surface area contributed by atoms with Crippen molar-refractivity contribution in [3.63, 3.8) is 0 Å². The third kappa shape index (κ3) is 5.99. The second-order valence-electron chi connectivity index (χ2n) is 7.37. The Bertz CT molecular complexity index is 1240. The molecule has 0 radical (unpaired) electrons. The Morgan fingerprint density at radius 2 is 1.86 bits per heavy atom. The third-order valence-electron chi connectivity index (χ3n) is 4.95. The molecule has 0 atom stereocenters. The summed E-state index contributed by atoms with van der Waals surface area (Å²) < 4.78 is 44.7. The van der Waals surface area contributed by atoms with Crippen molar-refractivity contribution >= 4 is 17.6 Å². The van der Waals surface area contributed by atoms with Gasteiger partial charge in [-0.1, -0.05) is 23.4 Å². The first-order valence-corrected chi connectivity index (χ1v) is 10.3. The van der Waals surface area contributed by atoms with Gasteiger partial charge in [0.15, 0.2) is 5.69 Å². The molecule has 1 aromatic heterocycles. The molecule has 0 unspecified atom stereocenters. The van der Waals surface area contributed by atoms with Gasteiger partial charge < -0.3 is 9.64 Å². The van der Waals surface area contributed by atoms with Gasteiger partial charge in [0.1, 0.15) is 6.54 Å². The van der Waals surface area contributed by atoms with Gasteiger partial charge in [-0.25, -0.2) is 4.68 Å². The lowest BCUT2D eigenvalue weighted by Gasteiger charge is -2.21. The van der Waals surface area contributed by atoms with E-state index in [4.69, 9.17) is 4.74 Å². The number of esters is 1. The molecule has 0 aliphatic carbocycles. The number of hydrogen-bond donors (Lipinski definition) is 0. The molecule has 3 aromatic rings. The number of carbonyl (C=O) groups excluding carboxylic acids is 2. The van der Waals surface area contributed by atoms with Crippen molar-refractivity contribution in [1.82, 2.24) is 19.9 Å². The van der Waals surface area contributed by atoms with Gasteiger partial charge >= 0.3 is 12.1 Å². The van der Waals surface area contributed by atoms with Crippen LogP contribution in [0.2, 0.25) is 0 Å². The Morgan fingerprint density at radius 1 is 1.17 bits per heavy atom. The highest BCUT2D eigenvalue weighted by Gasteiger charge is 2.30. The average molecular weight is 491 g/mol. The van der Waals surface area contributed by atoms with E-state index in [-0.39, 0.29) is 30.2 Å². The highest BCUT2D eigenvalue weighted by Crippen LogP contribution is 2.29. The van der Waals surface area contributed by atoms with Crippen LogP contribution in [0.25, 0.3) is 5.69 Å². The number of nitro groups is 1. The minimum Gasteiger partial charge on any atom is -0.465 e. The van der Waals surface area contributed by atoms with Crippen LogP contribution >= 0.6 is 0 Å². The van der Waals surface area contributed by atoms with E-state index in [1.807, 2.05) is 0 Å². The van der Waals surface area contributed by atoms with Crippen LogP contribution < -0.4 is 0 Å². The lowest BCUT2D eigenvalue weighted by molar-refractivity contribution is -0.384. The van der Waals surface area contributed by atoms with Crippen molar-refractivity contribution < 1.29 is 32.4 Å². The fourth-order valence-electron chi connectivity index (χ4n) is 3.24. The number of benzene rings is 2. The summed E-state index contributed by atoms with van der Waals surface area (Å²) >= 11 is 0. The molecule has 10 nitrogen and oxygen atoms in total. The molecule has 2 aromatic carbocycles. The van der Waals surface area contributed by atoms with E-state index in [1.54, 1.807) is 13.0 Å². The minimum absolute atomic E-state index is 0.0726. The summed E-state index contributed by atoms with van der Waals surface area (Å²) in [5.41, 5.74) is -0.274. The number of alkyl halides is 3. The third-order valence-corrected chi connectivity index (χ3v) is 4.95. The van der Waals surface area contributed by atoms with Crippen LogP contribution in [-0.2, 0) is 22.3 Å². The summed E-state index contributed by atoms with van der Waals surface area (Å²) in [6.07, 6.45) is -4.51. The van der Waals surface area contributed by atoms with E-state index < -0.39 is 35.1 Å². The predicted molar refractivity (Wildman–Crippen MR) is 116 cm³/mol. The maximum Gasteiger partial charge on any atom is 0.416 e. The summed E-state index contributed by atoms with van der Waals surface area (Å²) in [6.45, 7) is 2.51. The molecule has 13 heteroatoms. The number of carbonyl (C=O) groups is 2. The lowest BCUT2D eigenvalue weighted by atomic mass is 10.1. The standard InChI is InChI=1S/C22H20F3N5O5/c1-3-35-19(31)13-28(12-15-7-9-16(10-8-15)22(23,24)25)21(32)20-14(2)29(27-26-20)17-5-4-6-18(11-17)30(33)34/h4-11H,3,12-13H2,1-2H3. The number of aromatic nitrogens is 3. The van der Waals surface area contributed by atoms with Gasteiger partial charge in [0.2, 0.25) is 0 Å². The van der Waals surface area contributed by atoms with Gasteiger partial charge in [-0.15, -0.1) is 5.10 Å². The van der Waals surface area contributed by atoms with Gasteiger partial charge in [-0.2, -0.15) is 13.2 Å². The second-order valence-corrected chi connectivity index (χ2v) is 7.37. The average Bonchev–Trinajstić information content (AvgIpc) is 3.19. The Morgan fingerprint density at radius 3 is 2.46 bits per heavy atom. The highest BCUT2D eigenvalue weighted by molar-refractivity contribution is 5.95. The van der Waals surface area contributed by atoms with E-state index in [0.717, 1.165) is 17.0 Å². The van der Waals surface area contributed by atoms with E-state index in [0.29, 0.717) is 11.3 Å². The zero-order valence-electron chi connectivity index (χ0n) is 18.7. The van der Waals surface area contributed by atoms with Crippen molar-refractivity contribution in [2.24, 2.45) is 0 Å². The Labute approximate surface area is 197 Å². The van der Waals surface area contributed by atoms with Gasteiger partial charge in [-0.3, -0.25) is 19.7 Å². The number of nitrogens with zero attached hydrogens (tertiary/aromatic N) is 5. The smallest absolute Gasteiger partial charge is 0.416 e. The fraction of sp³-hybridized carbons (Fsp3) is 0.273. The molecule has 35 heavy (non-hydrogen) atoms. The molecule has 1 heterocycles. The zero-order valence-corrected chi connectivity index (χ0v) is 18.7. The van der Waals surface area contributed by atoms with Gasteiger partial charge in [0.05, 0.1) is 28.5 Å². The number of non-ortho nitro benzene ring substituents is 1. The van der Waals surface area contributed by atoms with Gasteiger partial charge in [0.25, 0.3) is 11.6 Å². The fourth-order valence-corrected chi connectivity index (χ4v) is 3.24. The minimum atomic E-state index is -4.51. The molecule has 0 aliphatic rings. The summed E-state index contributed by atoms with van der Waals surface area (Å²) in [6, 6.07) is 9.73. The molecule has 184 valence electrons. The quantitative estimate of drug-likeness (QED) is 0.268. The molecular weight excluding hydrogens is 471 g/mol. The number of hydrogen-bond acceptors (Lipinski definition) is 7. The molecule has 0 spiro atoms. The van der Waals surface area contributed by atoms with E-state index in [1.165, 1.54) is 41.9 Å². The van der Waals surface area contributed by atoms with Gasteiger partial charge in [-0.05, 0) is 37.6 Å². The van der Waals surface area contributed by atoms with E-state index in [9.17, 15) is 32.9 Å². The van der Waals surface area contributed by atoms with Crippen molar-refractivity contribution in [2.45, 2.75) is 26.6 Å². The molecule has 0 aliphatic heterocycles. The monoisotopic (exact) mass is 491 g/mol. The summed E-state index contributed by atoms with van der Waals surface area (Å²) in [5, 5.41) is 18.9. The van der Waals surface area contributed by atoms with Crippen LogP contribution in [0.4, 0.5) is 18.9 Å². The van der Waals surface area contributed by atoms with Crippen LogP contribution in [-0.4, -0.2) is 49.8 Å². The lowest BCUT2D eigenvalue weighted by Crippen LogP contribution is -2.36. The Kier molecular flexibility index (Phi) is 7.47. The van der Waals surface area contributed by atoms with Crippen LogP contribution in [0.15, 0.2) is 48.5 Å². The summed E-state index contributed by atoms with van der Waals surface area (Å²) in [4.78, 5) is 37.0. The van der Waals surface area contributed by atoms with Crippen LogP contribution in [0.1, 0.15) is 34.2 Å². The number of halogens is 3. The Balaban J connectivity index is 1.91. The maximum absolute atomic E-state index is 13.3. The normalized spacial score (nSPS) is 11.2. The van der Waals surface area contributed by atoms with Crippen LogP contribution in [0.5, 0.6) is 0 Å². The summed E-state index contributed by atoms with van der Waals surface area (Å²) in [7, 11) is 0. The molecular formula is C22H20F3N5O5. The van der Waals surface area contributed by atoms with Crippen LogP contribution in [0.3, 0.4) is 0 Å². The number of ether oxygens (including phenoxy) is 1. The predicted octanol–water partition coefficient (Wildman–Crippen LogP) is 3.71. The number of nitro benzene ring substituents is 1. The van der Waals surface area contributed by atoms with Crippen molar-refractivity contribution in [3.05, 3.63) is 81.2 Å². The topological polar surface area (TPSA) is 120 Å². The molecule has 0 saturated heterocycles. The number of rotatable bonds is 8. The van der Waals surface area contributed by atoms with E-state index in [2.05, 4.69) is 10.3 Å². The first-order chi connectivity index (χ1) is 16.5. The van der Waals surface area contributed by atoms with Crippen molar-refractivity contribution in [3.8, 4) is 5.69 Å². The molecule has 0 saturated carbocycles.